The standard InChI is InChI=1S/C38H53N5O10S2/c1-8-54-55-23-30(32(39)45)41-33(46)29(42-34(47)50-21-28-26-17-11-9-15-24(26)25-16-10-12-18-27(25)28)19-13-14-20-40-31(44)22-51-43(35(48)52-37(2,3)4)36(49)53-38(5,6)7/h9-12,15-18,28-30H,8,13-14,19-23H2,1-7H3,(H2,39,45)(H,40,44)(H,41,46)(H,42,47)/t29-,30-/m0/s1. The zero-order chi connectivity index (χ0) is 40.8. The molecule has 0 saturated carbocycles. The van der Waals surface area contributed by atoms with Gasteiger partial charge in [0.25, 0.3) is 0 Å². The zero-order valence-electron chi connectivity index (χ0n) is 32.4. The van der Waals surface area contributed by atoms with Crippen molar-refractivity contribution in [2.45, 2.75) is 96.9 Å². The van der Waals surface area contributed by atoms with E-state index in [0.717, 1.165) is 28.0 Å². The van der Waals surface area contributed by atoms with Crippen LogP contribution in [0, 0.1) is 0 Å². The monoisotopic (exact) mass is 803 g/mol. The quantitative estimate of drug-likeness (QED) is 0.0625. The molecule has 15 nitrogen and oxygen atoms in total. The van der Waals surface area contributed by atoms with Crippen molar-refractivity contribution < 1.29 is 47.8 Å². The van der Waals surface area contributed by atoms with E-state index in [1.165, 1.54) is 21.6 Å². The molecule has 0 heterocycles. The lowest BCUT2D eigenvalue weighted by molar-refractivity contribution is -0.154. The number of primary amides is 1. The molecule has 0 aliphatic heterocycles. The van der Waals surface area contributed by atoms with E-state index in [2.05, 4.69) is 16.0 Å². The minimum absolute atomic E-state index is 0.0381. The normalized spacial score (nSPS) is 13.4. The highest BCUT2D eigenvalue weighted by Gasteiger charge is 2.34. The Morgan fingerprint density at radius 3 is 1.89 bits per heavy atom. The summed E-state index contributed by atoms with van der Waals surface area (Å²) in [5.41, 5.74) is 7.88. The number of nitrogens with two attached hydrogens (primary N) is 1. The minimum Gasteiger partial charge on any atom is -0.449 e. The first-order valence-electron chi connectivity index (χ1n) is 18.0. The van der Waals surface area contributed by atoms with Crippen LogP contribution in [0.2, 0.25) is 0 Å². The molecule has 0 bridgehead atoms. The fourth-order valence-corrected chi connectivity index (χ4v) is 7.22. The lowest BCUT2D eigenvalue weighted by atomic mass is 9.98. The first-order chi connectivity index (χ1) is 25.9. The molecule has 1 aliphatic carbocycles. The average Bonchev–Trinajstić information content (AvgIpc) is 3.41. The largest absolute Gasteiger partial charge is 0.449 e. The molecule has 0 spiro atoms. The van der Waals surface area contributed by atoms with E-state index in [9.17, 15) is 28.8 Å². The first kappa shape index (κ1) is 44.9. The number of carbonyl (C=O) groups excluding carboxylic acids is 6. The van der Waals surface area contributed by atoms with Gasteiger partial charge in [-0.3, -0.25) is 14.4 Å². The number of hydrogen-bond donors (Lipinski definition) is 4. The van der Waals surface area contributed by atoms with Crippen LogP contribution in [0.15, 0.2) is 48.5 Å². The molecule has 2 atom stereocenters. The summed E-state index contributed by atoms with van der Waals surface area (Å²) in [6.07, 6.45) is -2.25. The number of unbranched alkanes of at least 4 members (excludes halogenated alkanes) is 1. The van der Waals surface area contributed by atoms with Crippen molar-refractivity contribution in [2.24, 2.45) is 5.73 Å². The molecule has 17 heteroatoms. The third-order valence-electron chi connectivity index (χ3n) is 7.73. The van der Waals surface area contributed by atoms with Gasteiger partial charge in [-0.15, -0.1) is 0 Å². The Balaban J connectivity index is 1.59. The molecule has 0 aromatic heterocycles. The Kier molecular flexibility index (Phi) is 17.1. The van der Waals surface area contributed by atoms with E-state index < -0.39 is 65.9 Å². The molecule has 55 heavy (non-hydrogen) atoms. The van der Waals surface area contributed by atoms with Crippen LogP contribution in [0.1, 0.15) is 84.8 Å². The highest BCUT2D eigenvalue weighted by Crippen LogP contribution is 2.44. The molecule has 2 aromatic carbocycles. The van der Waals surface area contributed by atoms with Crippen molar-refractivity contribution in [1.29, 1.82) is 0 Å². The van der Waals surface area contributed by atoms with Gasteiger partial charge in [0.1, 0.15) is 29.9 Å². The van der Waals surface area contributed by atoms with Gasteiger partial charge in [-0.05, 0) is 83.1 Å². The van der Waals surface area contributed by atoms with Crippen LogP contribution >= 0.6 is 21.6 Å². The van der Waals surface area contributed by atoms with E-state index >= 15 is 0 Å². The van der Waals surface area contributed by atoms with Crippen molar-refractivity contribution in [1.82, 2.24) is 21.0 Å². The number of nitrogens with zero attached hydrogens (tertiary/aromatic N) is 1. The topological polar surface area (TPSA) is 205 Å². The summed E-state index contributed by atoms with van der Waals surface area (Å²) in [7, 11) is 2.91. The van der Waals surface area contributed by atoms with E-state index in [4.69, 9.17) is 24.8 Å². The number of rotatable bonds is 18. The van der Waals surface area contributed by atoms with Crippen LogP contribution < -0.4 is 21.7 Å². The number of ether oxygens (including phenoxy) is 3. The van der Waals surface area contributed by atoms with Crippen molar-refractivity contribution in [3.05, 3.63) is 59.7 Å². The molecular formula is C38H53N5O10S2. The van der Waals surface area contributed by atoms with Crippen molar-refractivity contribution in [3.63, 3.8) is 0 Å². The third-order valence-corrected chi connectivity index (χ3v) is 10.2. The lowest BCUT2D eigenvalue weighted by Crippen LogP contribution is -2.53. The number of hydrogen-bond acceptors (Lipinski definition) is 12. The van der Waals surface area contributed by atoms with Crippen LogP contribution in [-0.4, -0.2) is 95.6 Å². The number of benzene rings is 2. The average molecular weight is 804 g/mol. The Morgan fingerprint density at radius 2 is 1.36 bits per heavy atom. The van der Waals surface area contributed by atoms with Gasteiger partial charge in [0.2, 0.25) is 17.7 Å². The molecule has 0 fully saturated rings. The Bertz CT molecular complexity index is 1590. The number of nitrogens with one attached hydrogen (secondary N) is 3. The van der Waals surface area contributed by atoms with Gasteiger partial charge in [0.05, 0.1) is 0 Å². The fourth-order valence-electron chi connectivity index (χ4n) is 5.38. The number of alkyl carbamates (subject to hydrolysis) is 1. The summed E-state index contributed by atoms with van der Waals surface area (Å²) in [6, 6.07) is 13.8. The van der Waals surface area contributed by atoms with Gasteiger partial charge in [-0.25, -0.2) is 19.2 Å². The molecular weight excluding hydrogens is 751 g/mol. The minimum atomic E-state index is -1.15. The van der Waals surface area contributed by atoms with E-state index in [1.54, 1.807) is 41.5 Å². The number of fused-ring (bicyclic) bond motifs is 3. The Morgan fingerprint density at radius 1 is 0.800 bits per heavy atom. The summed E-state index contributed by atoms with van der Waals surface area (Å²) in [5, 5.41) is 8.18. The number of hydroxylamine groups is 2. The molecule has 0 saturated heterocycles. The van der Waals surface area contributed by atoms with Crippen LogP contribution in [0.4, 0.5) is 14.4 Å². The number of imide groups is 1. The van der Waals surface area contributed by atoms with Gasteiger partial charge in [0, 0.05) is 24.0 Å². The molecule has 0 unspecified atom stereocenters. The summed E-state index contributed by atoms with van der Waals surface area (Å²) in [4.78, 5) is 81.8. The molecule has 1 aliphatic rings. The summed E-state index contributed by atoms with van der Waals surface area (Å²) in [6.45, 7) is 11.1. The van der Waals surface area contributed by atoms with Crippen molar-refractivity contribution >= 4 is 57.6 Å². The molecule has 2 aromatic rings. The smallest absolute Gasteiger partial charge is 0.444 e. The van der Waals surface area contributed by atoms with Gasteiger partial charge < -0.3 is 35.9 Å². The maximum Gasteiger partial charge on any atom is 0.444 e. The summed E-state index contributed by atoms with van der Waals surface area (Å²) in [5.74, 6) is -1.11. The Hall–Kier alpha value is -4.48. The van der Waals surface area contributed by atoms with E-state index in [-0.39, 0.29) is 36.3 Å². The second-order valence-electron chi connectivity index (χ2n) is 14.6. The van der Waals surface area contributed by atoms with Crippen LogP contribution in [0.5, 0.6) is 0 Å². The molecule has 5 N–H and O–H groups in total. The van der Waals surface area contributed by atoms with Crippen LogP contribution in [0.25, 0.3) is 11.1 Å². The second kappa shape index (κ2) is 21.0. The van der Waals surface area contributed by atoms with Crippen molar-refractivity contribution in [3.8, 4) is 11.1 Å². The van der Waals surface area contributed by atoms with Gasteiger partial charge in [-0.2, -0.15) is 0 Å². The van der Waals surface area contributed by atoms with E-state index in [1.807, 2.05) is 55.5 Å². The van der Waals surface area contributed by atoms with Gasteiger partial charge in [0.15, 0.2) is 6.61 Å². The number of carbonyl (C=O) groups is 6. The lowest BCUT2D eigenvalue weighted by Gasteiger charge is -2.27. The summed E-state index contributed by atoms with van der Waals surface area (Å²) >= 11 is 0. The maximum absolute atomic E-state index is 13.4. The molecule has 0 radical (unpaired) electrons. The van der Waals surface area contributed by atoms with Gasteiger partial charge in [-0.1, -0.05) is 82.1 Å². The first-order valence-corrected chi connectivity index (χ1v) is 20.5. The maximum atomic E-state index is 13.4. The van der Waals surface area contributed by atoms with Gasteiger partial charge >= 0.3 is 18.3 Å². The molecule has 302 valence electrons. The second-order valence-corrected chi connectivity index (χ2v) is 17.3. The predicted molar refractivity (Wildman–Crippen MR) is 211 cm³/mol. The van der Waals surface area contributed by atoms with Crippen LogP contribution in [-0.2, 0) is 33.4 Å². The van der Waals surface area contributed by atoms with Crippen molar-refractivity contribution in [2.75, 3.05) is 31.3 Å². The Labute approximate surface area is 330 Å². The summed E-state index contributed by atoms with van der Waals surface area (Å²) < 4.78 is 16.1. The van der Waals surface area contributed by atoms with E-state index in [0.29, 0.717) is 12.8 Å². The van der Waals surface area contributed by atoms with Crippen LogP contribution in [0.3, 0.4) is 0 Å². The molecule has 3 rings (SSSR count). The SMILES string of the molecule is CCSSC[C@H](NC(=O)[C@H](CCCCNC(=O)CON(C(=O)OC(C)(C)C)C(=O)OC(C)(C)C)NC(=O)OCC1c2ccccc2-c2ccccc21)C(N)=O. The highest BCUT2D eigenvalue weighted by molar-refractivity contribution is 8.76. The predicted octanol–water partition coefficient (Wildman–Crippen LogP) is 5.66. The third kappa shape index (κ3) is 14.9. The zero-order valence-corrected chi connectivity index (χ0v) is 34.1. The number of amides is 6. The molecule has 6 amide bonds. The fraction of sp³-hybridized carbons (Fsp3) is 0.526. The highest BCUT2D eigenvalue weighted by atomic mass is 33.1.